The van der Waals surface area contributed by atoms with E-state index < -0.39 is 0 Å². The zero-order valence-corrected chi connectivity index (χ0v) is 17.0. The minimum Gasteiger partial charge on any atom is -0.334 e. The summed E-state index contributed by atoms with van der Waals surface area (Å²) < 4.78 is 7.68. The Morgan fingerprint density at radius 2 is 1.83 bits per heavy atom. The van der Waals surface area contributed by atoms with Gasteiger partial charge in [-0.25, -0.2) is 0 Å². The fourth-order valence-corrected chi connectivity index (χ4v) is 4.01. The summed E-state index contributed by atoms with van der Waals surface area (Å²) in [6.45, 7) is 2.84. The van der Waals surface area contributed by atoms with Crippen LogP contribution in [0.1, 0.15) is 41.5 Å². The molecule has 6 nitrogen and oxygen atoms in total. The van der Waals surface area contributed by atoms with E-state index in [1.165, 1.54) is 24.0 Å². The van der Waals surface area contributed by atoms with E-state index in [9.17, 15) is 0 Å². The Labute approximate surface area is 173 Å². The quantitative estimate of drug-likeness (QED) is 0.411. The number of nitrogens with zero attached hydrogens (tertiary/aromatic N) is 5. The molecule has 0 spiro atoms. The number of hydrogen-bond acceptors (Lipinski definition) is 6. The van der Waals surface area contributed by atoms with Crippen LogP contribution in [0, 0.1) is 6.92 Å². The lowest BCUT2D eigenvalue weighted by molar-refractivity contribution is 0.425. The predicted molar refractivity (Wildman–Crippen MR) is 112 cm³/mol. The molecule has 5 rings (SSSR count). The van der Waals surface area contributed by atoms with Gasteiger partial charge < -0.3 is 9.09 Å². The second kappa shape index (κ2) is 7.83. The van der Waals surface area contributed by atoms with Crippen molar-refractivity contribution in [2.24, 2.45) is 0 Å². The highest BCUT2D eigenvalue weighted by Crippen LogP contribution is 2.40. The lowest BCUT2D eigenvalue weighted by Crippen LogP contribution is -2.06. The van der Waals surface area contributed by atoms with Gasteiger partial charge in [0.25, 0.3) is 5.89 Å². The third-order valence-corrected chi connectivity index (χ3v) is 5.93. The van der Waals surface area contributed by atoms with E-state index in [2.05, 4.69) is 56.1 Å². The highest BCUT2D eigenvalue weighted by molar-refractivity contribution is 7.98. The molecule has 0 aliphatic heterocycles. The van der Waals surface area contributed by atoms with E-state index in [1.54, 1.807) is 11.8 Å². The Hall–Kier alpha value is -2.93. The normalized spacial score (nSPS) is 13.7. The SMILES string of the molecule is Cc1ccc(-c2nc(CSc3nnc(C4CC4)n3Cc3ccccc3)no2)cc1. The molecule has 2 heterocycles. The zero-order valence-electron chi connectivity index (χ0n) is 16.2. The minimum absolute atomic E-state index is 0.541. The van der Waals surface area contributed by atoms with Crippen molar-refractivity contribution < 1.29 is 4.52 Å². The van der Waals surface area contributed by atoms with E-state index in [4.69, 9.17) is 4.52 Å². The summed E-state index contributed by atoms with van der Waals surface area (Å²) >= 11 is 1.60. The highest BCUT2D eigenvalue weighted by Gasteiger charge is 2.30. The zero-order chi connectivity index (χ0) is 19.6. The topological polar surface area (TPSA) is 69.6 Å². The predicted octanol–water partition coefficient (Wildman–Crippen LogP) is 4.85. The van der Waals surface area contributed by atoms with E-state index in [0.717, 1.165) is 23.1 Å². The number of rotatable bonds is 7. The van der Waals surface area contributed by atoms with Crippen LogP contribution in [0.5, 0.6) is 0 Å². The average Bonchev–Trinajstić information content (AvgIpc) is 3.35. The van der Waals surface area contributed by atoms with Crippen LogP contribution >= 0.6 is 11.8 Å². The Balaban J connectivity index is 1.33. The van der Waals surface area contributed by atoms with Crippen LogP contribution in [-0.2, 0) is 12.3 Å². The number of hydrogen-bond donors (Lipinski definition) is 0. The second-order valence-electron chi connectivity index (χ2n) is 7.36. The van der Waals surface area contributed by atoms with E-state index in [0.29, 0.717) is 23.4 Å². The number of thioether (sulfide) groups is 1. The van der Waals surface area contributed by atoms with Gasteiger partial charge in [0.05, 0.1) is 12.3 Å². The van der Waals surface area contributed by atoms with Gasteiger partial charge in [0.1, 0.15) is 5.82 Å². The van der Waals surface area contributed by atoms with Crippen molar-refractivity contribution in [3.8, 4) is 11.5 Å². The van der Waals surface area contributed by atoms with Crippen LogP contribution in [0.15, 0.2) is 64.3 Å². The summed E-state index contributed by atoms with van der Waals surface area (Å²) in [4.78, 5) is 4.54. The molecule has 1 fully saturated rings. The Bertz CT molecular complexity index is 1100. The molecule has 7 heteroatoms. The van der Waals surface area contributed by atoms with Crippen LogP contribution in [0.4, 0.5) is 0 Å². The smallest absolute Gasteiger partial charge is 0.257 e. The van der Waals surface area contributed by atoms with Crippen molar-refractivity contribution in [2.45, 2.75) is 43.1 Å². The van der Waals surface area contributed by atoms with Crippen LogP contribution in [0.2, 0.25) is 0 Å². The first-order valence-corrected chi connectivity index (χ1v) is 10.7. The first-order chi connectivity index (χ1) is 14.3. The Kier molecular flexibility index (Phi) is 4.89. The van der Waals surface area contributed by atoms with Gasteiger partial charge >= 0.3 is 0 Å². The van der Waals surface area contributed by atoms with Gasteiger partial charge in [-0.1, -0.05) is 64.9 Å². The molecular weight excluding hydrogens is 382 g/mol. The molecule has 146 valence electrons. The van der Waals surface area contributed by atoms with E-state index in [-0.39, 0.29) is 0 Å². The number of benzene rings is 2. The van der Waals surface area contributed by atoms with Crippen LogP contribution in [-0.4, -0.2) is 24.9 Å². The molecule has 0 saturated heterocycles. The van der Waals surface area contributed by atoms with Crippen molar-refractivity contribution in [2.75, 3.05) is 0 Å². The molecule has 1 aliphatic carbocycles. The van der Waals surface area contributed by atoms with Crippen molar-refractivity contribution in [1.29, 1.82) is 0 Å². The van der Waals surface area contributed by atoms with Crippen LogP contribution in [0.25, 0.3) is 11.5 Å². The van der Waals surface area contributed by atoms with Gasteiger partial charge in [-0.3, -0.25) is 0 Å². The first kappa shape index (κ1) is 18.1. The van der Waals surface area contributed by atoms with Crippen LogP contribution < -0.4 is 0 Å². The molecule has 0 amide bonds. The average molecular weight is 404 g/mol. The summed E-state index contributed by atoms with van der Waals surface area (Å²) in [6.07, 6.45) is 2.39. The lowest BCUT2D eigenvalue weighted by atomic mass is 10.1. The summed E-state index contributed by atoms with van der Waals surface area (Å²) in [7, 11) is 0. The van der Waals surface area contributed by atoms with Crippen molar-refractivity contribution >= 4 is 11.8 Å². The monoisotopic (exact) mass is 403 g/mol. The molecule has 0 radical (unpaired) electrons. The summed E-state index contributed by atoms with van der Waals surface area (Å²) in [5, 5.41) is 14.0. The molecule has 0 unspecified atom stereocenters. The molecule has 1 saturated carbocycles. The van der Waals surface area contributed by atoms with Gasteiger partial charge in [0.2, 0.25) is 0 Å². The minimum atomic E-state index is 0.541. The lowest BCUT2D eigenvalue weighted by Gasteiger charge is -2.09. The summed E-state index contributed by atoms with van der Waals surface area (Å²) in [5.41, 5.74) is 3.38. The molecule has 0 bridgehead atoms. The molecule has 1 aliphatic rings. The fraction of sp³-hybridized carbons (Fsp3) is 0.273. The molecule has 2 aromatic carbocycles. The Morgan fingerprint density at radius 3 is 2.59 bits per heavy atom. The van der Waals surface area contributed by atoms with Crippen LogP contribution in [0.3, 0.4) is 0 Å². The second-order valence-corrected chi connectivity index (χ2v) is 8.30. The maximum atomic E-state index is 5.44. The molecule has 0 atom stereocenters. The largest absolute Gasteiger partial charge is 0.334 e. The summed E-state index contributed by atoms with van der Waals surface area (Å²) in [5.74, 6) is 3.42. The van der Waals surface area contributed by atoms with Gasteiger partial charge in [-0.2, -0.15) is 4.98 Å². The Morgan fingerprint density at radius 1 is 1.03 bits per heavy atom. The first-order valence-electron chi connectivity index (χ1n) is 9.76. The third-order valence-electron chi connectivity index (χ3n) is 4.97. The molecule has 0 N–H and O–H groups in total. The number of aromatic nitrogens is 5. The maximum absolute atomic E-state index is 5.44. The summed E-state index contributed by atoms with van der Waals surface area (Å²) in [6, 6.07) is 18.5. The fourth-order valence-electron chi connectivity index (χ4n) is 3.22. The van der Waals surface area contributed by atoms with E-state index >= 15 is 0 Å². The molecule has 2 aromatic heterocycles. The van der Waals surface area contributed by atoms with Gasteiger partial charge in [0.15, 0.2) is 11.0 Å². The standard InChI is InChI=1S/C22H21N5OS/c1-15-7-9-18(10-8-15)21-23-19(26-28-21)14-29-22-25-24-20(17-11-12-17)27(22)13-16-5-3-2-4-6-16/h2-10,17H,11-14H2,1H3. The molecule has 4 aromatic rings. The van der Waals surface area contributed by atoms with Gasteiger partial charge in [0, 0.05) is 11.5 Å². The van der Waals surface area contributed by atoms with Gasteiger partial charge in [-0.15, -0.1) is 10.2 Å². The van der Waals surface area contributed by atoms with Crippen molar-refractivity contribution in [1.82, 2.24) is 24.9 Å². The molecular formula is C22H21N5OS. The van der Waals surface area contributed by atoms with E-state index in [1.807, 2.05) is 30.3 Å². The highest BCUT2D eigenvalue weighted by atomic mass is 32.2. The third kappa shape index (κ3) is 4.10. The van der Waals surface area contributed by atoms with Gasteiger partial charge in [-0.05, 0) is 37.5 Å². The van der Waals surface area contributed by atoms with Crippen molar-refractivity contribution in [3.63, 3.8) is 0 Å². The van der Waals surface area contributed by atoms with Crippen molar-refractivity contribution in [3.05, 3.63) is 77.4 Å². The number of aryl methyl sites for hydroxylation is 1. The maximum Gasteiger partial charge on any atom is 0.257 e. The molecule has 29 heavy (non-hydrogen) atoms.